The first kappa shape index (κ1) is 15.3. The fraction of sp³-hybridized carbons (Fsp3) is 0.333. The van der Waals surface area contributed by atoms with Crippen LogP contribution in [0.25, 0.3) is 0 Å². The summed E-state index contributed by atoms with van der Waals surface area (Å²) in [5, 5.41) is 2.09. The normalized spacial score (nSPS) is 14.1. The summed E-state index contributed by atoms with van der Waals surface area (Å²) in [5.41, 5.74) is 7.29. The predicted octanol–water partition coefficient (Wildman–Crippen LogP) is 4.71. The second-order valence-corrected chi connectivity index (χ2v) is 6.01. The van der Waals surface area contributed by atoms with Crippen LogP contribution in [-0.2, 0) is 0 Å². The molecule has 2 rings (SSSR count). The van der Waals surface area contributed by atoms with Crippen molar-refractivity contribution in [3.8, 4) is 5.75 Å². The molecule has 0 saturated heterocycles. The molecule has 0 amide bonds. The van der Waals surface area contributed by atoms with Gasteiger partial charge in [0, 0.05) is 17.0 Å². The molecule has 0 bridgehead atoms. The molecular weight excluding hydrogens is 297 g/mol. The van der Waals surface area contributed by atoms with Crippen molar-refractivity contribution in [2.24, 2.45) is 5.73 Å². The van der Waals surface area contributed by atoms with Crippen molar-refractivity contribution in [1.82, 2.24) is 0 Å². The molecule has 5 heteroatoms. The largest absolute Gasteiger partial charge is 0.483 e. The van der Waals surface area contributed by atoms with Crippen LogP contribution in [0.3, 0.4) is 0 Å². The van der Waals surface area contributed by atoms with Crippen LogP contribution in [0.5, 0.6) is 5.75 Å². The lowest BCUT2D eigenvalue weighted by Gasteiger charge is -2.24. The van der Waals surface area contributed by atoms with Crippen molar-refractivity contribution in [3.63, 3.8) is 0 Å². The molecule has 0 fully saturated rings. The van der Waals surface area contributed by atoms with Gasteiger partial charge >= 0.3 is 0 Å². The van der Waals surface area contributed by atoms with Gasteiger partial charge < -0.3 is 10.5 Å². The fourth-order valence-corrected chi connectivity index (χ4v) is 3.07. The molecule has 20 heavy (non-hydrogen) atoms. The predicted molar refractivity (Wildman–Crippen MR) is 82.1 cm³/mol. The standard InChI is InChI=1S/C15H17ClFNOS/c1-3-13(18)14(15-9(2)6-7-20-15)19-10-4-5-11(16)12(17)8-10/h4-8,13-14H,3,18H2,1-2H3. The average molecular weight is 314 g/mol. The smallest absolute Gasteiger partial charge is 0.148 e. The molecule has 2 atom stereocenters. The highest BCUT2D eigenvalue weighted by Gasteiger charge is 2.23. The molecule has 0 spiro atoms. The van der Waals surface area contributed by atoms with Gasteiger partial charge in [0.25, 0.3) is 0 Å². The number of hydrogen-bond acceptors (Lipinski definition) is 3. The van der Waals surface area contributed by atoms with E-state index in [1.807, 2.05) is 25.3 Å². The summed E-state index contributed by atoms with van der Waals surface area (Å²) in [6, 6.07) is 6.32. The lowest BCUT2D eigenvalue weighted by Crippen LogP contribution is -2.31. The number of ether oxygens (including phenoxy) is 1. The van der Waals surface area contributed by atoms with E-state index < -0.39 is 5.82 Å². The number of nitrogens with two attached hydrogens (primary N) is 1. The number of halogens is 2. The van der Waals surface area contributed by atoms with Crippen LogP contribution in [0.1, 0.15) is 29.9 Å². The van der Waals surface area contributed by atoms with Gasteiger partial charge in [-0.3, -0.25) is 0 Å². The Hall–Kier alpha value is -1.10. The van der Waals surface area contributed by atoms with E-state index in [1.54, 1.807) is 17.4 Å². The summed E-state index contributed by atoms with van der Waals surface area (Å²) in [4.78, 5) is 1.08. The number of benzene rings is 1. The summed E-state index contributed by atoms with van der Waals surface area (Å²) < 4.78 is 19.4. The molecular formula is C15H17ClFNOS. The first-order chi connectivity index (χ1) is 9.52. The highest BCUT2D eigenvalue weighted by molar-refractivity contribution is 7.10. The Labute approximate surface area is 127 Å². The van der Waals surface area contributed by atoms with Gasteiger partial charge in [-0.05, 0) is 42.5 Å². The van der Waals surface area contributed by atoms with Crippen LogP contribution in [-0.4, -0.2) is 6.04 Å². The van der Waals surface area contributed by atoms with Gasteiger partial charge in [0.15, 0.2) is 0 Å². The van der Waals surface area contributed by atoms with Crippen LogP contribution in [0.4, 0.5) is 4.39 Å². The molecule has 108 valence electrons. The van der Waals surface area contributed by atoms with E-state index >= 15 is 0 Å². The summed E-state index contributed by atoms with van der Waals surface area (Å²) >= 11 is 7.28. The van der Waals surface area contributed by atoms with Crippen LogP contribution >= 0.6 is 22.9 Å². The molecule has 1 aromatic carbocycles. The molecule has 2 N–H and O–H groups in total. The Morgan fingerprint density at radius 3 is 2.70 bits per heavy atom. The fourth-order valence-electron chi connectivity index (χ4n) is 1.92. The summed E-state index contributed by atoms with van der Waals surface area (Å²) in [5.74, 6) is -0.0514. The number of rotatable bonds is 5. The number of aryl methyl sites for hydroxylation is 1. The van der Waals surface area contributed by atoms with E-state index in [9.17, 15) is 4.39 Å². The van der Waals surface area contributed by atoms with Crippen molar-refractivity contribution in [2.45, 2.75) is 32.4 Å². The lowest BCUT2D eigenvalue weighted by atomic mass is 10.1. The van der Waals surface area contributed by atoms with Crippen molar-refractivity contribution < 1.29 is 9.13 Å². The average Bonchev–Trinajstić information content (AvgIpc) is 2.85. The molecule has 0 aliphatic rings. The van der Waals surface area contributed by atoms with Crippen LogP contribution in [0.2, 0.25) is 5.02 Å². The first-order valence-corrected chi connectivity index (χ1v) is 7.70. The third-order valence-electron chi connectivity index (χ3n) is 3.17. The van der Waals surface area contributed by atoms with Crippen molar-refractivity contribution in [3.05, 3.63) is 50.9 Å². The van der Waals surface area contributed by atoms with Gasteiger partial charge in [-0.1, -0.05) is 18.5 Å². The quantitative estimate of drug-likeness (QED) is 0.868. The highest BCUT2D eigenvalue weighted by Crippen LogP contribution is 2.32. The third kappa shape index (κ3) is 3.32. The molecule has 1 heterocycles. The van der Waals surface area contributed by atoms with Crippen molar-refractivity contribution >= 4 is 22.9 Å². The number of thiophene rings is 1. The zero-order chi connectivity index (χ0) is 14.7. The summed E-state index contributed by atoms with van der Waals surface area (Å²) in [6.45, 7) is 4.03. The molecule has 0 radical (unpaired) electrons. The summed E-state index contributed by atoms with van der Waals surface area (Å²) in [6.07, 6.45) is 0.499. The van der Waals surface area contributed by atoms with Gasteiger partial charge in [0.05, 0.1) is 5.02 Å². The molecule has 2 aromatic rings. The maximum absolute atomic E-state index is 13.5. The van der Waals surface area contributed by atoms with Crippen LogP contribution < -0.4 is 10.5 Å². The van der Waals surface area contributed by atoms with E-state index in [4.69, 9.17) is 22.1 Å². The Kier molecular flexibility index (Phi) is 5.02. The Bertz CT molecular complexity index is 587. The van der Waals surface area contributed by atoms with E-state index in [1.165, 1.54) is 12.1 Å². The third-order valence-corrected chi connectivity index (χ3v) is 4.56. The van der Waals surface area contributed by atoms with Gasteiger partial charge in [-0.15, -0.1) is 11.3 Å². The van der Waals surface area contributed by atoms with E-state index in [2.05, 4.69) is 0 Å². The van der Waals surface area contributed by atoms with Gasteiger partial charge in [0.2, 0.25) is 0 Å². The molecule has 2 nitrogen and oxygen atoms in total. The van der Waals surface area contributed by atoms with Crippen LogP contribution in [0, 0.1) is 12.7 Å². The van der Waals surface area contributed by atoms with E-state index in [0.717, 1.165) is 16.9 Å². The van der Waals surface area contributed by atoms with Crippen molar-refractivity contribution in [1.29, 1.82) is 0 Å². The van der Waals surface area contributed by atoms with E-state index in [0.29, 0.717) is 5.75 Å². The Balaban J connectivity index is 2.28. The maximum atomic E-state index is 13.5. The van der Waals surface area contributed by atoms with Crippen molar-refractivity contribution in [2.75, 3.05) is 0 Å². The Morgan fingerprint density at radius 1 is 1.40 bits per heavy atom. The van der Waals surface area contributed by atoms with E-state index in [-0.39, 0.29) is 17.2 Å². The topological polar surface area (TPSA) is 35.2 Å². The summed E-state index contributed by atoms with van der Waals surface area (Å²) in [7, 11) is 0. The molecule has 2 unspecified atom stereocenters. The van der Waals surface area contributed by atoms with Crippen LogP contribution in [0.15, 0.2) is 29.6 Å². The highest BCUT2D eigenvalue weighted by atomic mass is 35.5. The van der Waals surface area contributed by atoms with Gasteiger partial charge in [-0.25, -0.2) is 4.39 Å². The zero-order valence-corrected chi connectivity index (χ0v) is 13.0. The number of hydrogen-bond donors (Lipinski definition) is 1. The SMILES string of the molecule is CCC(N)C(Oc1ccc(Cl)c(F)c1)c1sccc1C. The Morgan fingerprint density at radius 2 is 2.15 bits per heavy atom. The molecule has 0 saturated carbocycles. The second-order valence-electron chi connectivity index (χ2n) is 4.65. The monoisotopic (exact) mass is 313 g/mol. The minimum Gasteiger partial charge on any atom is -0.483 e. The lowest BCUT2D eigenvalue weighted by molar-refractivity contribution is 0.173. The second kappa shape index (κ2) is 6.57. The molecule has 0 aliphatic carbocycles. The first-order valence-electron chi connectivity index (χ1n) is 6.44. The van der Waals surface area contributed by atoms with Gasteiger partial charge in [-0.2, -0.15) is 0 Å². The maximum Gasteiger partial charge on any atom is 0.148 e. The minimum absolute atomic E-state index is 0.0843. The molecule has 1 aromatic heterocycles. The van der Waals surface area contributed by atoms with Gasteiger partial charge in [0.1, 0.15) is 17.7 Å². The minimum atomic E-state index is -0.490. The molecule has 0 aliphatic heterocycles. The zero-order valence-electron chi connectivity index (χ0n) is 11.4.